The van der Waals surface area contributed by atoms with Gasteiger partial charge in [0.25, 0.3) is 0 Å². The van der Waals surface area contributed by atoms with Crippen LogP contribution in [0.5, 0.6) is 0 Å². The first-order valence-corrected chi connectivity index (χ1v) is 5.18. The van der Waals surface area contributed by atoms with E-state index in [9.17, 15) is 4.79 Å². The highest BCUT2D eigenvalue weighted by molar-refractivity contribution is 9.10. The van der Waals surface area contributed by atoms with Crippen molar-refractivity contribution in [3.05, 3.63) is 33.9 Å². The van der Waals surface area contributed by atoms with Crippen LogP contribution in [0.25, 0.3) is 10.9 Å². The lowest BCUT2D eigenvalue weighted by molar-refractivity contribution is 0.101. The molecule has 2 rings (SSSR count). The Balaban J connectivity index is 2.86. The molecule has 0 radical (unpaired) electrons. The molecule has 0 amide bonds. The summed E-state index contributed by atoms with van der Waals surface area (Å²) in [6, 6.07) is 5.94. The fourth-order valence-corrected chi connectivity index (χ4v) is 2.13. The van der Waals surface area contributed by atoms with Gasteiger partial charge in [-0.25, -0.2) is 0 Å². The first-order valence-electron chi connectivity index (χ1n) is 4.39. The van der Waals surface area contributed by atoms with Crippen molar-refractivity contribution < 1.29 is 4.79 Å². The highest BCUT2D eigenvalue weighted by Crippen LogP contribution is 2.27. The van der Waals surface area contributed by atoms with Gasteiger partial charge in [0, 0.05) is 16.8 Å². The van der Waals surface area contributed by atoms with Crippen LogP contribution in [-0.4, -0.2) is 10.8 Å². The number of carbonyl (C=O) groups excluding carboxylic acids is 1. The van der Waals surface area contributed by atoms with E-state index in [1.54, 1.807) is 6.92 Å². The van der Waals surface area contributed by atoms with Crippen LogP contribution in [0.4, 0.5) is 0 Å². The quantitative estimate of drug-likeness (QED) is 0.775. The molecule has 2 nitrogen and oxygen atoms in total. The third-order valence-corrected chi connectivity index (χ3v) is 3.06. The van der Waals surface area contributed by atoms with Crippen LogP contribution < -0.4 is 0 Å². The molecule has 1 aromatic carbocycles. The molecule has 0 atom stereocenters. The van der Waals surface area contributed by atoms with Crippen LogP contribution in [0.1, 0.15) is 23.0 Å². The topological polar surface area (TPSA) is 32.9 Å². The Morgan fingerprint density at radius 3 is 2.71 bits per heavy atom. The molecule has 0 unspecified atom stereocenters. The van der Waals surface area contributed by atoms with E-state index in [2.05, 4.69) is 20.9 Å². The second kappa shape index (κ2) is 3.24. The molecule has 0 aliphatic carbocycles. The fourth-order valence-electron chi connectivity index (χ4n) is 1.67. The number of nitrogens with one attached hydrogen (secondary N) is 1. The van der Waals surface area contributed by atoms with Gasteiger partial charge in [0.2, 0.25) is 0 Å². The van der Waals surface area contributed by atoms with Crippen LogP contribution >= 0.6 is 15.9 Å². The van der Waals surface area contributed by atoms with Crippen molar-refractivity contribution in [2.24, 2.45) is 0 Å². The van der Waals surface area contributed by atoms with Gasteiger partial charge in [0.05, 0.1) is 11.2 Å². The number of aromatic amines is 1. The van der Waals surface area contributed by atoms with E-state index in [-0.39, 0.29) is 5.78 Å². The summed E-state index contributed by atoms with van der Waals surface area (Å²) >= 11 is 3.45. The molecule has 1 N–H and O–H groups in total. The summed E-state index contributed by atoms with van der Waals surface area (Å²) in [5, 5.41) is 1.10. The number of ketones is 1. The predicted molar refractivity (Wildman–Crippen MR) is 60.7 cm³/mol. The molecule has 72 valence electrons. The molecule has 0 aliphatic heterocycles. The normalized spacial score (nSPS) is 10.8. The van der Waals surface area contributed by atoms with E-state index in [1.807, 2.05) is 25.1 Å². The molecule has 0 saturated carbocycles. The number of H-pyrrole nitrogens is 1. The molecule has 0 fully saturated rings. The average Bonchev–Trinajstić information content (AvgIpc) is 2.46. The van der Waals surface area contributed by atoms with E-state index < -0.39 is 0 Å². The molecule has 1 heterocycles. The second-order valence-electron chi connectivity index (χ2n) is 3.34. The van der Waals surface area contributed by atoms with Gasteiger partial charge in [-0.05, 0) is 34.5 Å². The molecule has 14 heavy (non-hydrogen) atoms. The van der Waals surface area contributed by atoms with Crippen molar-refractivity contribution in [3.8, 4) is 0 Å². The number of carbonyl (C=O) groups is 1. The summed E-state index contributed by atoms with van der Waals surface area (Å²) in [7, 11) is 0. The summed E-state index contributed by atoms with van der Waals surface area (Å²) in [5.74, 6) is 0.0746. The Hall–Kier alpha value is -1.09. The van der Waals surface area contributed by atoms with Gasteiger partial charge in [0.1, 0.15) is 0 Å². The lowest BCUT2D eigenvalue weighted by atomic mass is 10.1. The van der Waals surface area contributed by atoms with Crippen molar-refractivity contribution >= 4 is 32.6 Å². The van der Waals surface area contributed by atoms with Crippen molar-refractivity contribution in [1.82, 2.24) is 4.98 Å². The van der Waals surface area contributed by atoms with Crippen LogP contribution in [0.2, 0.25) is 0 Å². The van der Waals surface area contributed by atoms with Gasteiger partial charge in [-0.15, -0.1) is 0 Å². The molecule has 0 saturated heterocycles. The third-order valence-electron chi connectivity index (χ3n) is 2.39. The standard InChI is InChI=1S/C11H10BrNO/c1-6-8-4-3-5-9(12)11(8)13-10(6)7(2)14/h3-5,13H,1-2H3. The summed E-state index contributed by atoms with van der Waals surface area (Å²) in [4.78, 5) is 14.4. The number of halogens is 1. The minimum absolute atomic E-state index is 0.0746. The van der Waals surface area contributed by atoms with Gasteiger partial charge >= 0.3 is 0 Å². The Morgan fingerprint density at radius 1 is 1.43 bits per heavy atom. The van der Waals surface area contributed by atoms with Crippen molar-refractivity contribution in [3.63, 3.8) is 0 Å². The number of para-hydroxylation sites is 1. The maximum atomic E-state index is 11.3. The molecule has 0 bridgehead atoms. The zero-order valence-corrected chi connectivity index (χ0v) is 9.60. The summed E-state index contributed by atoms with van der Waals surface area (Å²) in [6.45, 7) is 3.54. The number of hydrogen-bond acceptors (Lipinski definition) is 1. The molecule has 2 aromatic rings. The molecule has 0 spiro atoms. The third kappa shape index (κ3) is 1.28. The highest BCUT2D eigenvalue weighted by Gasteiger charge is 2.11. The largest absolute Gasteiger partial charge is 0.351 e. The Bertz CT molecular complexity index is 513. The second-order valence-corrected chi connectivity index (χ2v) is 4.20. The maximum Gasteiger partial charge on any atom is 0.176 e. The first-order chi connectivity index (χ1) is 6.61. The van der Waals surface area contributed by atoms with Crippen LogP contribution in [0.3, 0.4) is 0 Å². The van der Waals surface area contributed by atoms with Crippen molar-refractivity contribution in [2.45, 2.75) is 13.8 Å². The molecule has 0 aliphatic rings. The monoisotopic (exact) mass is 251 g/mol. The number of aromatic nitrogens is 1. The van der Waals surface area contributed by atoms with Gasteiger partial charge in [-0.1, -0.05) is 12.1 Å². The summed E-state index contributed by atoms with van der Waals surface area (Å²) in [5.41, 5.74) is 2.72. The zero-order chi connectivity index (χ0) is 10.3. The molecular formula is C11H10BrNO. The van der Waals surface area contributed by atoms with E-state index in [4.69, 9.17) is 0 Å². The Morgan fingerprint density at radius 2 is 2.14 bits per heavy atom. The van der Waals surface area contributed by atoms with Gasteiger partial charge < -0.3 is 4.98 Å². The lowest BCUT2D eigenvalue weighted by Crippen LogP contribution is -1.93. The Kier molecular flexibility index (Phi) is 2.19. The van der Waals surface area contributed by atoms with E-state index in [0.717, 1.165) is 20.9 Å². The number of benzene rings is 1. The minimum atomic E-state index is 0.0746. The average molecular weight is 252 g/mol. The number of fused-ring (bicyclic) bond motifs is 1. The predicted octanol–water partition coefficient (Wildman–Crippen LogP) is 3.44. The Labute approximate surface area is 90.4 Å². The van der Waals surface area contributed by atoms with Crippen molar-refractivity contribution in [2.75, 3.05) is 0 Å². The SMILES string of the molecule is CC(=O)c1[nH]c2c(Br)cccc2c1C. The van der Waals surface area contributed by atoms with Gasteiger partial charge in [-0.2, -0.15) is 0 Å². The van der Waals surface area contributed by atoms with Crippen molar-refractivity contribution in [1.29, 1.82) is 0 Å². The van der Waals surface area contributed by atoms with Gasteiger partial charge in [0.15, 0.2) is 5.78 Å². The van der Waals surface area contributed by atoms with Gasteiger partial charge in [-0.3, -0.25) is 4.79 Å². The fraction of sp³-hybridized carbons (Fsp3) is 0.182. The number of rotatable bonds is 1. The van der Waals surface area contributed by atoms with Crippen LogP contribution in [-0.2, 0) is 0 Å². The minimum Gasteiger partial charge on any atom is -0.351 e. The zero-order valence-electron chi connectivity index (χ0n) is 8.02. The van der Waals surface area contributed by atoms with E-state index in [1.165, 1.54) is 0 Å². The summed E-state index contributed by atoms with van der Waals surface area (Å²) in [6.07, 6.45) is 0. The lowest BCUT2D eigenvalue weighted by Gasteiger charge is -1.92. The molecule has 3 heteroatoms. The van der Waals surface area contributed by atoms with Crippen LogP contribution in [0.15, 0.2) is 22.7 Å². The smallest absolute Gasteiger partial charge is 0.176 e. The number of hydrogen-bond donors (Lipinski definition) is 1. The molecule has 1 aromatic heterocycles. The van der Waals surface area contributed by atoms with E-state index in [0.29, 0.717) is 5.69 Å². The van der Waals surface area contributed by atoms with E-state index >= 15 is 0 Å². The molecular weight excluding hydrogens is 242 g/mol. The first kappa shape index (κ1) is 9.46. The summed E-state index contributed by atoms with van der Waals surface area (Å²) < 4.78 is 0.991. The number of aryl methyl sites for hydroxylation is 1. The highest BCUT2D eigenvalue weighted by atomic mass is 79.9. The maximum absolute atomic E-state index is 11.3. The van der Waals surface area contributed by atoms with Crippen LogP contribution in [0, 0.1) is 6.92 Å². The number of Topliss-reactive ketones (excluding diaryl/α,β-unsaturated/α-hetero) is 1.